The second kappa shape index (κ2) is 9.75. The fraction of sp³-hybridized carbons (Fsp3) is 1.00. The van der Waals surface area contributed by atoms with E-state index in [9.17, 15) is 5.11 Å². The predicted molar refractivity (Wildman–Crippen MR) is 87.1 cm³/mol. The lowest BCUT2D eigenvalue weighted by atomic mass is 9.80. The summed E-state index contributed by atoms with van der Waals surface area (Å²) in [6.45, 7) is 11.2. The number of aliphatic hydroxyl groups excluding tert-OH is 1. The molecule has 1 aliphatic carbocycles. The largest absolute Gasteiger partial charge is 0.395 e. The molecular formula is C17H36N2O. The molecule has 2 N–H and O–H groups in total. The SMILES string of the molecule is CCNCC(CC)(CC)CN(CCO)C1CCCCC1. The van der Waals surface area contributed by atoms with Crippen molar-refractivity contribution >= 4 is 0 Å². The molecule has 20 heavy (non-hydrogen) atoms. The lowest BCUT2D eigenvalue weighted by Gasteiger charge is -2.42. The first-order chi connectivity index (χ1) is 9.71. The van der Waals surface area contributed by atoms with Crippen molar-refractivity contribution in [2.24, 2.45) is 5.41 Å². The van der Waals surface area contributed by atoms with Gasteiger partial charge in [0.05, 0.1) is 6.61 Å². The summed E-state index contributed by atoms with van der Waals surface area (Å²) in [5, 5.41) is 13.0. The summed E-state index contributed by atoms with van der Waals surface area (Å²) >= 11 is 0. The summed E-state index contributed by atoms with van der Waals surface area (Å²) in [5.41, 5.74) is 0.364. The number of nitrogens with one attached hydrogen (secondary N) is 1. The lowest BCUT2D eigenvalue weighted by molar-refractivity contribution is 0.0642. The molecule has 1 fully saturated rings. The van der Waals surface area contributed by atoms with E-state index in [1.165, 1.54) is 44.9 Å². The number of aliphatic hydroxyl groups is 1. The van der Waals surface area contributed by atoms with E-state index in [1.54, 1.807) is 0 Å². The Bertz CT molecular complexity index is 235. The van der Waals surface area contributed by atoms with Crippen LogP contribution in [-0.2, 0) is 0 Å². The summed E-state index contributed by atoms with van der Waals surface area (Å²) in [6, 6.07) is 0.704. The first-order valence-corrected chi connectivity index (χ1v) is 8.77. The summed E-state index contributed by atoms with van der Waals surface area (Å²) in [6.07, 6.45) is 9.20. The van der Waals surface area contributed by atoms with Crippen LogP contribution in [0.1, 0.15) is 65.7 Å². The predicted octanol–water partition coefficient (Wildman–Crippen LogP) is 3.03. The topological polar surface area (TPSA) is 35.5 Å². The van der Waals surface area contributed by atoms with E-state index in [2.05, 4.69) is 31.0 Å². The van der Waals surface area contributed by atoms with Crippen molar-refractivity contribution in [3.05, 3.63) is 0 Å². The van der Waals surface area contributed by atoms with Crippen molar-refractivity contribution in [1.82, 2.24) is 10.2 Å². The van der Waals surface area contributed by atoms with Crippen molar-refractivity contribution in [3.63, 3.8) is 0 Å². The van der Waals surface area contributed by atoms with Crippen molar-refractivity contribution in [2.75, 3.05) is 32.8 Å². The monoisotopic (exact) mass is 284 g/mol. The maximum absolute atomic E-state index is 9.43. The summed E-state index contributed by atoms with van der Waals surface area (Å²) in [5.74, 6) is 0. The van der Waals surface area contributed by atoms with Crippen LogP contribution in [0.2, 0.25) is 0 Å². The van der Waals surface area contributed by atoms with E-state index >= 15 is 0 Å². The molecule has 0 unspecified atom stereocenters. The Morgan fingerprint density at radius 1 is 1.10 bits per heavy atom. The minimum Gasteiger partial charge on any atom is -0.395 e. The van der Waals surface area contributed by atoms with Gasteiger partial charge in [-0.3, -0.25) is 4.90 Å². The summed E-state index contributed by atoms with van der Waals surface area (Å²) in [7, 11) is 0. The van der Waals surface area contributed by atoms with Crippen molar-refractivity contribution in [2.45, 2.75) is 71.8 Å². The van der Waals surface area contributed by atoms with Crippen LogP contribution in [0, 0.1) is 5.41 Å². The molecule has 0 bridgehead atoms. The fourth-order valence-corrected chi connectivity index (χ4v) is 3.57. The van der Waals surface area contributed by atoms with E-state index in [0.29, 0.717) is 18.1 Å². The van der Waals surface area contributed by atoms with Gasteiger partial charge in [-0.2, -0.15) is 0 Å². The Balaban J connectivity index is 2.67. The van der Waals surface area contributed by atoms with Gasteiger partial charge in [0, 0.05) is 25.7 Å². The second-order valence-corrected chi connectivity index (χ2v) is 6.47. The summed E-state index contributed by atoms with van der Waals surface area (Å²) < 4.78 is 0. The zero-order chi connectivity index (χ0) is 14.8. The molecule has 120 valence electrons. The van der Waals surface area contributed by atoms with Crippen LogP contribution >= 0.6 is 0 Å². The molecule has 0 saturated heterocycles. The normalized spacial score (nSPS) is 17.9. The number of hydrogen-bond acceptors (Lipinski definition) is 3. The number of hydrogen-bond donors (Lipinski definition) is 2. The lowest BCUT2D eigenvalue weighted by Crippen LogP contribution is -2.48. The Morgan fingerprint density at radius 3 is 2.25 bits per heavy atom. The highest BCUT2D eigenvalue weighted by molar-refractivity contribution is 4.86. The average molecular weight is 284 g/mol. The minimum absolute atomic E-state index is 0.293. The van der Waals surface area contributed by atoms with Crippen LogP contribution < -0.4 is 5.32 Å². The van der Waals surface area contributed by atoms with Gasteiger partial charge in [-0.1, -0.05) is 40.0 Å². The smallest absolute Gasteiger partial charge is 0.0558 e. The van der Waals surface area contributed by atoms with Gasteiger partial charge in [0.1, 0.15) is 0 Å². The van der Waals surface area contributed by atoms with Gasteiger partial charge in [0.15, 0.2) is 0 Å². The third-order valence-electron chi connectivity index (χ3n) is 5.27. The van der Waals surface area contributed by atoms with Crippen molar-refractivity contribution in [3.8, 4) is 0 Å². The molecule has 0 aromatic rings. The molecule has 1 saturated carbocycles. The highest BCUT2D eigenvalue weighted by Crippen LogP contribution is 2.30. The van der Waals surface area contributed by atoms with E-state index < -0.39 is 0 Å². The Kier molecular flexibility index (Phi) is 8.74. The summed E-state index contributed by atoms with van der Waals surface area (Å²) in [4.78, 5) is 2.59. The first-order valence-electron chi connectivity index (χ1n) is 8.77. The highest BCUT2D eigenvalue weighted by atomic mass is 16.3. The van der Waals surface area contributed by atoms with Gasteiger partial charge in [0.2, 0.25) is 0 Å². The quantitative estimate of drug-likeness (QED) is 0.647. The van der Waals surface area contributed by atoms with Crippen molar-refractivity contribution in [1.29, 1.82) is 0 Å². The van der Waals surface area contributed by atoms with Crippen LogP contribution in [-0.4, -0.2) is 48.8 Å². The zero-order valence-corrected chi connectivity index (χ0v) is 14.0. The number of rotatable bonds is 10. The van der Waals surface area contributed by atoms with E-state index in [4.69, 9.17) is 0 Å². The first kappa shape index (κ1) is 17.9. The van der Waals surface area contributed by atoms with Crippen LogP contribution in [0.5, 0.6) is 0 Å². The standard InChI is InChI=1S/C17H36N2O/c1-4-17(5-2,14-18-6-3)15-19(12-13-20)16-10-8-7-9-11-16/h16,18,20H,4-15H2,1-3H3. The molecule has 0 radical (unpaired) electrons. The molecule has 1 rings (SSSR count). The van der Waals surface area contributed by atoms with E-state index in [-0.39, 0.29) is 0 Å². The van der Waals surface area contributed by atoms with Gasteiger partial charge >= 0.3 is 0 Å². The van der Waals surface area contributed by atoms with E-state index in [1.807, 2.05) is 0 Å². The van der Waals surface area contributed by atoms with Crippen LogP contribution in [0.25, 0.3) is 0 Å². The highest BCUT2D eigenvalue weighted by Gasteiger charge is 2.31. The molecule has 0 spiro atoms. The molecule has 0 amide bonds. The van der Waals surface area contributed by atoms with Gasteiger partial charge in [0.25, 0.3) is 0 Å². The molecule has 0 aromatic heterocycles. The Hall–Kier alpha value is -0.120. The van der Waals surface area contributed by atoms with Crippen LogP contribution in [0.3, 0.4) is 0 Å². The zero-order valence-electron chi connectivity index (χ0n) is 14.0. The Morgan fingerprint density at radius 2 is 1.75 bits per heavy atom. The van der Waals surface area contributed by atoms with Gasteiger partial charge < -0.3 is 10.4 Å². The molecule has 0 heterocycles. The van der Waals surface area contributed by atoms with Crippen LogP contribution in [0.15, 0.2) is 0 Å². The maximum atomic E-state index is 9.43. The molecule has 0 aliphatic heterocycles. The van der Waals surface area contributed by atoms with Crippen molar-refractivity contribution < 1.29 is 5.11 Å². The van der Waals surface area contributed by atoms with Gasteiger partial charge in [-0.05, 0) is 37.6 Å². The molecule has 3 nitrogen and oxygen atoms in total. The Labute approximate surface area is 126 Å². The van der Waals surface area contributed by atoms with E-state index in [0.717, 1.165) is 26.2 Å². The average Bonchev–Trinajstić information content (AvgIpc) is 2.51. The molecule has 0 atom stereocenters. The third kappa shape index (κ3) is 5.34. The molecule has 3 heteroatoms. The molecule has 0 aromatic carbocycles. The maximum Gasteiger partial charge on any atom is 0.0558 e. The minimum atomic E-state index is 0.293. The second-order valence-electron chi connectivity index (χ2n) is 6.47. The molecule has 1 aliphatic rings. The molecular weight excluding hydrogens is 248 g/mol. The van der Waals surface area contributed by atoms with Gasteiger partial charge in [-0.25, -0.2) is 0 Å². The van der Waals surface area contributed by atoms with Crippen LogP contribution in [0.4, 0.5) is 0 Å². The third-order valence-corrected chi connectivity index (χ3v) is 5.27. The number of nitrogens with zero attached hydrogens (tertiary/aromatic N) is 1. The fourth-order valence-electron chi connectivity index (χ4n) is 3.57. The van der Waals surface area contributed by atoms with Gasteiger partial charge in [-0.15, -0.1) is 0 Å².